The molecule has 4 rings (SSSR count). The van der Waals surface area contributed by atoms with Gasteiger partial charge in [0.2, 0.25) is 11.9 Å². The third kappa shape index (κ3) is 4.17. The Morgan fingerprint density at radius 3 is 2.50 bits per heavy atom. The van der Waals surface area contributed by atoms with Crippen LogP contribution >= 0.6 is 0 Å². The van der Waals surface area contributed by atoms with E-state index in [2.05, 4.69) is 20.0 Å². The monoisotopic (exact) mass is 408 g/mol. The number of aryl methyl sites for hydroxylation is 2. The van der Waals surface area contributed by atoms with Gasteiger partial charge in [0.25, 0.3) is 0 Å². The summed E-state index contributed by atoms with van der Waals surface area (Å²) in [5.41, 5.74) is 3.17. The largest absolute Gasteiger partial charge is 0.338 e. The lowest BCUT2D eigenvalue weighted by atomic mass is 10.1. The molecule has 1 fully saturated rings. The van der Waals surface area contributed by atoms with Gasteiger partial charge in [-0.15, -0.1) is 0 Å². The molecule has 3 heterocycles. The minimum Gasteiger partial charge on any atom is -0.338 e. The second-order valence-electron chi connectivity index (χ2n) is 7.41. The Labute approximate surface area is 175 Å². The van der Waals surface area contributed by atoms with Crippen molar-refractivity contribution >= 4 is 11.9 Å². The summed E-state index contributed by atoms with van der Waals surface area (Å²) in [6, 6.07) is 8.73. The van der Waals surface area contributed by atoms with Crippen LogP contribution in [0.25, 0.3) is 11.3 Å². The SMILES string of the molecule is CCc1cc(-c2ccc(F)c(C)c2)nn1CC(=O)N1CCN(c2ncccn2)CC1. The fraction of sp³-hybridized carbons (Fsp3) is 0.364. The highest BCUT2D eigenvalue weighted by molar-refractivity contribution is 5.76. The number of hydrogen-bond acceptors (Lipinski definition) is 5. The number of carbonyl (C=O) groups excluding carboxylic acids is 1. The normalized spacial score (nSPS) is 14.2. The molecule has 1 aliphatic heterocycles. The average molecular weight is 408 g/mol. The van der Waals surface area contributed by atoms with Gasteiger partial charge < -0.3 is 9.80 Å². The van der Waals surface area contributed by atoms with Crippen LogP contribution in [0.15, 0.2) is 42.7 Å². The van der Waals surface area contributed by atoms with Crippen LogP contribution in [-0.4, -0.2) is 56.7 Å². The smallest absolute Gasteiger partial charge is 0.244 e. The highest BCUT2D eigenvalue weighted by atomic mass is 19.1. The number of piperazine rings is 1. The Bertz CT molecular complexity index is 1030. The Morgan fingerprint density at radius 1 is 1.10 bits per heavy atom. The fourth-order valence-electron chi connectivity index (χ4n) is 3.66. The summed E-state index contributed by atoms with van der Waals surface area (Å²) in [4.78, 5) is 25.4. The van der Waals surface area contributed by atoms with Gasteiger partial charge in [-0.05, 0) is 49.2 Å². The van der Waals surface area contributed by atoms with Crippen LogP contribution in [0.2, 0.25) is 0 Å². The summed E-state index contributed by atoms with van der Waals surface area (Å²) in [5.74, 6) is 0.511. The summed E-state index contributed by atoms with van der Waals surface area (Å²) in [6.07, 6.45) is 4.22. The van der Waals surface area contributed by atoms with Gasteiger partial charge in [-0.3, -0.25) is 9.48 Å². The van der Waals surface area contributed by atoms with Gasteiger partial charge in [0.05, 0.1) is 5.69 Å². The lowest BCUT2D eigenvalue weighted by Gasteiger charge is -2.34. The van der Waals surface area contributed by atoms with Crippen molar-refractivity contribution in [2.45, 2.75) is 26.8 Å². The molecular formula is C22H25FN6O. The Hall–Kier alpha value is -3.29. The molecule has 1 amide bonds. The van der Waals surface area contributed by atoms with Crippen LogP contribution < -0.4 is 4.90 Å². The molecule has 8 heteroatoms. The number of aromatic nitrogens is 4. The van der Waals surface area contributed by atoms with Crippen LogP contribution in [0.4, 0.5) is 10.3 Å². The Morgan fingerprint density at radius 2 is 1.83 bits per heavy atom. The van der Waals surface area contributed by atoms with Gasteiger partial charge in [0.1, 0.15) is 12.4 Å². The number of nitrogens with zero attached hydrogens (tertiary/aromatic N) is 6. The van der Waals surface area contributed by atoms with Gasteiger partial charge in [-0.25, -0.2) is 14.4 Å². The van der Waals surface area contributed by atoms with E-state index in [0.717, 1.165) is 23.4 Å². The topological polar surface area (TPSA) is 67.2 Å². The summed E-state index contributed by atoms with van der Waals surface area (Å²) in [5, 5.41) is 4.64. The highest BCUT2D eigenvalue weighted by Crippen LogP contribution is 2.22. The zero-order valence-electron chi connectivity index (χ0n) is 17.3. The molecule has 2 aromatic heterocycles. The lowest BCUT2D eigenvalue weighted by Crippen LogP contribution is -2.50. The number of carbonyl (C=O) groups is 1. The van der Waals surface area contributed by atoms with E-state index in [4.69, 9.17) is 0 Å². The molecule has 0 saturated carbocycles. The second-order valence-corrected chi connectivity index (χ2v) is 7.41. The number of hydrogen-bond donors (Lipinski definition) is 0. The molecule has 0 bridgehead atoms. The molecule has 1 aromatic carbocycles. The second kappa shape index (κ2) is 8.61. The molecule has 0 radical (unpaired) electrons. The summed E-state index contributed by atoms with van der Waals surface area (Å²) >= 11 is 0. The van der Waals surface area contributed by atoms with Gasteiger partial charge in [-0.1, -0.05) is 6.92 Å². The molecule has 0 unspecified atom stereocenters. The number of halogens is 1. The summed E-state index contributed by atoms with van der Waals surface area (Å²) < 4.78 is 15.4. The van der Waals surface area contributed by atoms with Crippen molar-refractivity contribution in [2.24, 2.45) is 0 Å². The maximum Gasteiger partial charge on any atom is 0.244 e. The molecule has 30 heavy (non-hydrogen) atoms. The first-order chi connectivity index (χ1) is 14.5. The van der Waals surface area contributed by atoms with E-state index in [1.807, 2.05) is 17.9 Å². The van der Waals surface area contributed by atoms with Crippen molar-refractivity contribution in [1.29, 1.82) is 0 Å². The minimum atomic E-state index is -0.232. The maximum atomic E-state index is 13.6. The van der Waals surface area contributed by atoms with Crippen LogP contribution in [0.3, 0.4) is 0 Å². The fourth-order valence-corrected chi connectivity index (χ4v) is 3.66. The van der Waals surface area contributed by atoms with Crippen LogP contribution in [-0.2, 0) is 17.8 Å². The van der Waals surface area contributed by atoms with E-state index < -0.39 is 0 Å². The molecular weight excluding hydrogens is 383 g/mol. The third-order valence-corrected chi connectivity index (χ3v) is 5.43. The molecule has 0 atom stereocenters. The number of anilines is 1. The van der Waals surface area contributed by atoms with Gasteiger partial charge >= 0.3 is 0 Å². The lowest BCUT2D eigenvalue weighted by molar-refractivity contribution is -0.132. The van der Waals surface area contributed by atoms with E-state index in [1.165, 1.54) is 6.07 Å². The molecule has 1 saturated heterocycles. The van der Waals surface area contributed by atoms with Gasteiger partial charge in [0.15, 0.2) is 0 Å². The molecule has 7 nitrogen and oxygen atoms in total. The van der Waals surface area contributed by atoms with E-state index in [0.29, 0.717) is 37.7 Å². The van der Waals surface area contributed by atoms with Crippen molar-refractivity contribution in [3.05, 3.63) is 59.8 Å². The first-order valence-corrected chi connectivity index (χ1v) is 10.2. The molecule has 156 valence electrons. The first-order valence-electron chi connectivity index (χ1n) is 10.2. The Balaban J connectivity index is 1.43. The zero-order valence-corrected chi connectivity index (χ0v) is 17.3. The van der Waals surface area contributed by atoms with Crippen molar-refractivity contribution in [3.63, 3.8) is 0 Å². The first kappa shape index (κ1) is 20.0. The molecule has 1 aliphatic rings. The predicted molar refractivity (Wildman–Crippen MR) is 113 cm³/mol. The van der Waals surface area contributed by atoms with Crippen LogP contribution in [0.1, 0.15) is 18.2 Å². The van der Waals surface area contributed by atoms with E-state index in [1.54, 1.807) is 42.2 Å². The predicted octanol–water partition coefficient (Wildman–Crippen LogP) is 2.70. The quantitative estimate of drug-likeness (QED) is 0.649. The van der Waals surface area contributed by atoms with Crippen molar-refractivity contribution < 1.29 is 9.18 Å². The van der Waals surface area contributed by atoms with E-state index >= 15 is 0 Å². The van der Waals surface area contributed by atoms with Gasteiger partial charge in [-0.2, -0.15) is 5.10 Å². The average Bonchev–Trinajstić information content (AvgIpc) is 3.19. The Kier molecular flexibility index (Phi) is 5.74. The molecule has 3 aromatic rings. The third-order valence-electron chi connectivity index (χ3n) is 5.43. The number of rotatable bonds is 5. The molecule has 0 N–H and O–H groups in total. The van der Waals surface area contributed by atoms with E-state index in [9.17, 15) is 9.18 Å². The highest BCUT2D eigenvalue weighted by Gasteiger charge is 2.23. The van der Waals surface area contributed by atoms with Gasteiger partial charge in [0, 0.05) is 49.8 Å². The molecule has 0 aliphatic carbocycles. The standard InChI is InChI=1S/C22H25FN6O/c1-3-18-14-20(17-5-6-19(23)16(2)13-17)26-29(18)15-21(30)27-9-11-28(12-10-27)22-24-7-4-8-25-22/h4-8,13-14H,3,9-12,15H2,1-2H3. The molecule has 0 spiro atoms. The summed E-state index contributed by atoms with van der Waals surface area (Å²) in [6.45, 7) is 6.64. The van der Waals surface area contributed by atoms with Crippen LogP contribution in [0.5, 0.6) is 0 Å². The van der Waals surface area contributed by atoms with Crippen molar-refractivity contribution in [2.75, 3.05) is 31.1 Å². The van der Waals surface area contributed by atoms with E-state index in [-0.39, 0.29) is 18.3 Å². The van der Waals surface area contributed by atoms with Crippen molar-refractivity contribution in [1.82, 2.24) is 24.6 Å². The minimum absolute atomic E-state index is 0.0447. The number of amides is 1. The number of benzene rings is 1. The maximum absolute atomic E-state index is 13.6. The summed E-state index contributed by atoms with van der Waals surface area (Å²) in [7, 11) is 0. The zero-order chi connectivity index (χ0) is 21.1. The van der Waals surface area contributed by atoms with Crippen molar-refractivity contribution in [3.8, 4) is 11.3 Å². The van der Waals surface area contributed by atoms with Crippen LogP contribution in [0, 0.1) is 12.7 Å².